The van der Waals surface area contributed by atoms with Crippen LogP contribution >= 0.6 is 0 Å². The molecule has 0 unspecified atom stereocenters. The highest BCUT2D eigenvalue weighted by Gasteiger charge is 2.22. The van der Waals surface area contributed by atoms with E-state index in [1.165, 1.54) is 6.42 Å². The first-order valence-electron chi connectivity index (χ1n) is 5.35. The predicted molar refractivity (Wildman–Crippen MR) is 58.0 cm³/mol. The van der Waals surface area contributed by atoms with Crippen LogP contribution in [0, 0.1) is 13.8 Å². The van der Waals surface area contributed by atoms with Crippen LogP contribution in [0.3, 0.4) is 0 Å². The number of nitrogens with zero attached hydrogens (tertiary/aromatic N) is 2. The second-order valence-corrected chi connectivity index (χ2v) is 3.94. The zero-order valence-corrected chi connectivity index (χ0v) is 9.50. The Hall–Kier alpha value is -1.16. The van der Waals surface area contributed by atoms with Crippen LogP contribution in [-0.4, -0.2) is 23.6 Å². The Bertz CT molecular complexity index is 359. The van der Waals surface area contributed by atoms with Gasteiger partial charge in [-0.3, -0.25) is 0 Å². The van der Waals surface area contributed by atoms with Crippen LogP contribution in [0.25, 0.3) is 0 Å². The fourth-order valence-corrected chi connectivity index (χ4v) is 2.08. The predicted octanol–water partition coefficient (Wildman–Crippen LogP) is 1.53. The number of hydrogen-bond acceptors (Lipinski definition) is 4. The summed E-state index contributed by atoms with van der Waals surface area (Å²) in [6.07, 6.45) is 2.37. The highest BCUT2D eigenvalue weighted by Crippen LogP contribution is 2.27. The molecule has 82 valence electrons. The van der Waals surface area contributed by atoms with Crippen molar-refractivity contribution in [2.75, 3.05) is 13.7 Å². The van der Waals surface area contributed by atoms with E-state index in [-0.39, 0.29) is 0 Å². The van der Waals surface area contributed by atoms with Crippen molar-refractivity contribution in [2.24, 2.45) is 0 Å². The lowest BCUT2D eigenvalue weighted by Crippen LogP contribution is -2.17. The molecular weight excluding hydrogens is 190 g/mol. The number of aryl methyl sites for hydroxylation is 1. The molecule has 0 aromatic carbocycles. The van der Waals surface area contributed by atoms with Crippen molar-refractivity contribution in [3.05, 3.63) is 17.1 Å². The Labute approximate surface area is 90.1 Å². The summed E-state index contributed by atoms with van der Waals surface area (Å²) < 4.78 is 5.25. The van der Waals surface area contributed by atoms with E-state index in [2.05, 4.69) is 15.3 Å². The number of methoxy groups -OCH3 is 1. The van der Waals surface area contributed by atoms with E-state index in [0.29, 0.717) is 11.9 Å². The average Bonchev–Trinajstić information content (AvgIpc) is 2.74. The maximum atomic E-state index is 5.25. The van der Waals surface area contributed by atoms with Gasteiger partial charge in [-0.2, -0.15) is 4.98 Å². The van der Waals surface area contributed by atoms with E-state index in [0.717, 1.165) is 30.0 Å². The van der Waals surface area contributed by atoms with Gasteiger partial charge in [0.05, 0.1) is 18.8 Å². The third-order valence-corrected chi connectivity index (χ3v) is 2.83. The Morgan fingerprint density at radius 1 is 1.33 bits per heavy atom. The Kier molecular flexibility index (Phi) is 2.86. The Morgan fingerprint density at radius 2 is 2.13 bits per heavy atom. The molecule has 4 nitrogen and oxygen atoms in total. The summed E-state index contributed by atoms with van der Waals surface area (Å²) in [6, 6.07) is 0.376. The van der Waals surface area contributed by atoms with E-state index in [1.54, 1.807) is 7.11 Å². The smallest absolute Gasteiger partial charge is 0.219 e. The lowest BCUT2D eigenvalue weighted by molar-refractivity contribution is 0.389. The average molecular weight is 207 g/mol. The summed E-state index contributed by atoms with van der Waals surface area (Å²) in [5.74, 6) is 1.48. The van der Waals surface area contributed by atoms with Crippen molar-refractivity contribution >= 4 is 0 Å². The minimum absolute atomic E-state index is 0.376. The first-order valence-corrected chi connectivity index (χ1v) is 5.35. The largest absolute Gasteiger partial charge is 0.481 e. The van der Waals surface area contributed by atoms with Gasteiger partial charge in [-0.1, -0.05) is 0 Å². The number of aromatic nitrogens is 2. The molecular formula is C11H17N3O. The molecule has 0 amide bonds. The zero-order chi connectivity index (χ0) is 10.8. The highest BCUT2D eigenvalue weighted by molar-refractivity contribution is 5.31. The van der Waals surface area contributed by atoms with Crippen LogP contribution in [0.5, 0.6) is 5.88 Å². The van der Waals surface area contributed by atoms with E-state index < -0.39 is 0 Å². The molecule has 1 fully saturated rings. The van der Waals surface area contributed by atoms with Crippen molar-refractivity contribution in [1.82, 2.24) is 15.3 Å². The van der Waals surface area contributed by atoms with Gasteiger partial charge in [0.2, 0.25) is 5.88 Å². The van der Waals surface area contributed by atoms with Crippen LogP contribution in [0.1, 0.15) is 36.0 Å². The first-order chi connectivity index (χ1) is 7.22. The second-order valence-electron chi connectivity index (χ2n) is 3.94. The third kappa shape index (κ3) is 1.95. The van der Waals surface area contributed by atoms with E-state index in [4.69, 9.17) is 4.74 Å². The van der Waals surface area contributed by atoms with Crippen LogP contribution in [0.4, 0.5) is 0 Å². The van der Waals surface area contributed by atoms with Gasteiger partial charge in [0.25, 0.3) is 0 Å². The van der Waals surface area contributed by atoms with Gasteiger partial charge in [0, 0.05) is 5.56 Å². The van der Waals surface area contributed by atoms with Gasteiger partial charge in [-0.25, -0.2) is 4.98 Å². The minimum Gasteiger partial charge on any atom is -0.481 e. The van der Waals surface area contributed by atoms with Crippen LogP contribution in [0.2, 0.25) is 0 Å². The molecule has 15 heavy (non-hydrogen) atoms. The Balaban J connectivity index is 2.40. The first kappa shape index (κ1) is 10.4. The van der Waals surface area contributed by atoms with Crippen LogP contribution < -0.4 is 10.1 Å². The molecule has 2 heterocycles. The molecule has 0 spiro atoms. The lowest BCUT2D eigenvalue weighted by atomic mass is 10.1. The monoisotopic (exact) mass is 207 g/mol. The number of nitrogens with one attached hydrogen (secondary N) is 1. The molecule has 0 bridgehead atoms. The molecule has 0 saturated carbocycles. The number of ether oxygens (including phenoxy) is 1. The van der Waals surface area contributed by atoms with E-state index in [9.17, 15) is 0 Å². The molecule has 1 aliphatic heterocycles. The van der Waals surface area contributed by atoms with Crippen molar-refractivity contribution in [3.63, 3.8) is 0 Å². The van der Waals surface area contributed by atoms with Crippen molar-refractivity contribution in [2.45, 2.75) is 32.7 Å². The summed E-state index contributed by atoms with van der Waals surface area (Å²) in [5.41, 5.74) is 2.15. The van der Waals surface area contributed by atoms with Gasteiger partial charge >= 0.3 is 0 Å². The molecule has 1 N–H and O–H groups in total. The quantitative estimate of drug-likeness (QED) is 0.799. The molecule has 4 heteroatoms. The van der Waals surface area contributed by atoms with Gasteiger partial charge < -0.3 is 10.1 Å². The number of rotatable bonds is 2. The maximum Gasteiger partial charge on any atom is 0.219 e. The summed E-state index contributed by atoms with van der Waals surface area (Å²) in [6.45, 7) is 5.00. The maximum absolute atomic E-state index is 5.25. The fraction of sp³-hybridized carbons (Fsp3) is 0.636. The van der Waals surface area contributed by atoms with Gasteiger partial charge in [-0.15, -0.1) is 0 Å². The summed E-state index contributed by atoms with van der Waals surface area (Å²) in [5, 5.41) is 3.45. The topological polar surface area (TPSA) is 47.0 Å². The fourth-order valence-electron chi connectivity index (χ4n) is 2.08. The highest BCUT2D eigenvalue weighted by atomic mass is 16.5. The van der Waals surface area contributed by atoms with E-state index >= 15 is 0 Å². The van der Waals surface area contributed by atoms with Gasteiger partial charge in [0.15, 0.2) is 0 Å². The number of hydrogen-bond donors (Lipinski definition) is 1. The summed E-state index contributed by atoms with van der Waals surface area (Å²) in [7, 11) is 1.65. The van der Waals surface area contributed by atoms with Crippen molar-refractivity contribution in [1.29, 1.82) is 0 Å². The Morgan fingerprint density at radius 3 is 2.73 bits per heavy atom. The molecule has 1 saturated heterocycles. The lowest BCUT2D eigenvalue weighted by Gasteiger charge is -2.15. The molecule has 2 rings (SSSR count). The zero-order valence-electron chi connectivity index (χ0n) is 9.50. The van der Waals surface area contributed by atoms with Crippen molar-refractivity contribution < 1.29 is 4.74 Å². The van der Waals surface area contributed by atoms with Gasteiger partial charge in [0.1, 0.15) is 5.82 Å². The third-order valence-electron chi connectivity index (χ3n) is 2.83. The molecule has 0 aliphatic carbocycles. The standard InChI is InChI=1S/C11H17N3O/c1-7-10(9-5-4-6-12-9)13-8(2)14-11(7)15-3/h9,12H,4-6H2,1-3H3/t9-/m0/s1. The summed E-state index contributed by atoms with van der Waals surface area (Å²) >= 11 is 0. The molecule has 0 radical (unpaired) electrons. The molecule has 1 aromatic rings. The minimum atomic E-state index is 0.376. The SMILES string of the molecule is COc1nc(C)nc([C@@H]2CCCN2)c1C. The van der Waals surface area contributed by atoms with Crippen LogP contribution in [0.15, 0.2) is 0 Å². The van der Waals surface area contributed by atoms with Crippen LogP contribution in [-0.2, 0) is 0 Å². The molecule has 1 aliphatic rings. The normalized spacial score (nSPS) is 20.6. The summed E-state index contributed by atoms with van der Waals surface area (Å²) in [4.78, 5) is 8.77. The van der Waals surface area contributed by atoms with Gasteiger partial charge in [-0.05, 0) is 33.2 Å². The molecule has 1 aromatic heterocycles. The second kappa shape index (κ2) is 4.14. The van der Waals surface area contributed by atoms with E-state index in [1.807, 2.05) is 13.8 Å². The van der Waals surface area contributed by atoms with Crippen molar-refractivity contribution in [3.8, 4) is 5.88 Å². The molecule has 1 atom stereocenters.